The van der Waals surface area contributed by atoms with Crippen molar-refractivity contribution in [1.82, 2.24) is 15.0 Å². The van der Waals surface area contributed by atoms with Crippen molar-refractivity contribution >= 4 is 10.8 Å². The van der Waals surface area contributed by atoms with Crippen molar-refractivity contribution in [3.05, 3.63) is 54.7 Å². The Morgan fingerprint density at radius 3 is 2.43 bits per heavy atom. The summed E-state index contributed by atoms with van der Waals surface area (Å²) in [5.41, 5.74) is 9.22. The Hall–Kier alpha value is -2.33. The molecule has 2 N–H and O–H groups in total. The van der Waals surface area contributed by atoms with E-state index in [1.165, 1.54) is 0 Å². The Kier molecular flexibility index (Phi) is 3.62. The van der Waals surface area contributed by atoms with Crippen molar-refractivity contribution in [2.45, 2.75) is 19.9 Å². The van der Waals surface area contributed by atoms with Gasteiger partial charge in [0, 0.05) is 47.2 Å². The van der Waals surface area contributed by atoms with Crippen LogP contribution in [0.1, 0.15) is 25.6 Å². The summed E-state index contributed by atoms with van der Waals surface area (Å²) in [5.74, 6) is 0.321. The van der Waals surface area contributed by atoms with Crippen molar-refractivity contribution < 1.29 is 0 Å². The fourth-order valence-electron chi connectivity index (χ4n) is 2.36. The first-order valence-corrected chi connectivity index (χ1v) is 7.07. The van der Waals surface area contributed by atoms with Gasteiger partial charge >= 0.3 is 0 Å². The Morgan fingerprint density at radius 1 is 1.00 bits per heavy atom. The summed E-state index contributed by atoms with van der Waals surface area (Å²) in [4.78, 5) is 13.1. The molecule has 0 spiro atoms. The first kappa shape index (κ1) is 13.6. The molecule has 3 heterocycles. The first-order valence-electron chi connectivity index (χ1n) is 7.07. The molecule has 0 fully saturated rings. The summed E-state index contributed by atoms with van der Waals surface area (Å²) in [6, 6.07) is 7.84. The second kappa shape index (κ2) is 5.58. The highest BCUT2D eigenvalue weighted by atomic mass is 14.8. The third-order valence-corrected chi connectivity index (χ3v) is 3.67. The number of hydrogen-bond acceptors (Lipinski definition) is 4. The molecule has 21 heavy (non-hydrogen) atoms. The quantitative estimate of drug-likeness (QED) is 0.798. The average molecular weight is 278 g/mol. The molecule has 0 bridgehead atoms. The second-order valence-electron chi connectivity index (χ2n) is 5.50. The van der Waals surface area contributed by atoms with Crippen molar-refractivity contribution in [3.63, 3.8) is 0 Å². The molecule has 0 saturated heterocycles. The molecule has 3 aromatic heterocycles. The van der Waals surface area contributed by atoms with E-state index in [9.17, 15) is 0 Å². The molecule has 1 unspecified atom stereocenters. The molecular formula is C17H18N4. The summed E-state index contributed by atoms with van der Waals surface area (Å²) in [7, 11) is 0. The van der Waals surface area contributed by atoms with Crippen LogP contribution in [0.15, 0.2) is 49.1 Å². The zero-order valence-corrected chi connectivity index (χ0v) is 12.2. The summed E-state index contributed by atoms with van der Waals surface area (Å²) < 4.78 is 0. The largest absolute Gasteiger partial charge is 0.322 e. The maximum absolute atomic E-state index is 6.36. The summed E-state index contributed by atoms with van der Waals surface area (Å²) in [5, 5.41) is 2.13. The van der Waals surface area contributed by atoms with E-state index in [2.05, 4.69) is 23.8 Å². The minimum absolute atomic E-state index is 0.100. The standard InChI is InChI=1S/C17H18N4/c1-11(2)16(18)17-14-5-8-20-10-13(14)9-15(21-17)12-3-6-19-7-4-12/h3-11,16H,18H2,1-2H3. The van der Waals surface area contributed by atoms with Crippen LogP contribution in [0, 0.1) is 5.92 Å². The zero-order valence-electron chi connectivity index (χ0n) is 12.2. The summed E-state index contributed by atoms with van der Waals surface area (Å²) in [6.07, 6.45) is 7.18. The molecule has 0 amide bonds. The van der Waals surface area contributed by atoms with Gasteiger partial charge in [0.15, 0.2) is 0 Å². The molecule has 0 aliphatic carbocycles. The van der Waals surface area contributed by atoms with Crippen molar-refractivity contribution in [3.8, 4) is 11.3 Å². The van der Waals surface area contributed by atoms with Crippen LogP contribution in [-0.4, -0.2) is 15.0 Å². The van der Waals surface area contributed by atoms with E-state index in [0.29, 0.717) is 5.92 Å². The van der Waals surface area contributed by atoms with Gasteiger partial charge in [-0.2, -0.15) is 0 Å². The monoisotopic (exact) mass is 278 g/mol. The Bertz CT molecular complexity index is 753. The second-order valence-corrected chi connectivity index (χ2v) is 5.50. The van der Waals surface area contributed by atoms with Gasteiger partial charge in [0.25, 0.3) is 0 Å². The number of hydrogen-bond donors (Lipinski definition) is 1. The van der Waals surface area contributed by atoms with E-state index in [0.717, 1.165) is 27.7 Å². The van der Waals surface area contributed by atoms with Gasteiger partial charge in [0.2, 0.25) is 0 Å². The normalized spacial score (nSPS) is 12.8. The van der Waals surface area contributed by atoms with Crippen molar-refractivity contribution in [2.75, 3.05) is 0 Å². The van der Waals surface area contributed by atoms with Crippen molar-refractivity contribution in [2.24, 2.45) is 11.7 Å². The SMILES string of the molecule is CC(C)C(N)c1nc(-c2ccncc2)cc2cnccc12. The van der Waals surface area contributed by atoms with E-state index in [1.54, 1.807) is 18.6 Å². The molecule has 0 aromatic carbocycles. The topological polar surface area (TPSA) is 64.7 Å². The van der Waals surface area contributed by atoms with Gasteiger partial charge in [-0.25, -0.2) is 0 Å². The highest BCUT2D eigenvalue weighted by Crippen LogP contribution is 2.29. The molecule has 4 heteroatoms. The lowest BCUT2D eigenvalue weighted by molar-refractivity contribution is 0.507. The molecule has 0 aliphatic rings. The van der Waals surface area contributed by atoms with E-state index >= 15 is 0 Å². The van der Waals surface area contributed by atoms with Gasteiger partial charge in [0.1, 0.15) is 0 Å². The van der Waals surface area contributed by atoms with Crippen molar-refractivity contribution in [1.29, 1.82) is 0 Å². The molecule has 0 radical (unpaired) electrons. The van der Waals surface area contributed by atoms with Gasteiger partial charge in [-0.1, -0.05) is 13.8 Å². The van der Waals surface area contributed by atoms with E-state index < -0.39 is 0 Å². The lowest BCUT2D eigenvalue weighted by atomic mass is 9.96. The predicted octanol–water partition coefficient (Wildman–Crippen LogP) is 3.35. The highest BCUT2D eigenvalue weighted by molar-refractivity contribution is 5.87. The number of aromatic nitrogens is 3. The zero-order chi connectivity index (χ0) is 14.8. The van der Waals surface area contributed by atoms with E-state index in [1.807, 2.05) is 30.5 Å². The van der Waals surface area contributed by atoms with Crippen LogP contribution in [0.25, 0.3) is 22.0 Å². The summed E-state index contributed by atoms with van der Waals surface area (Å²) in [6.45, 7) is 4.22. The van der Waals surface area contributed by atoms with E-state index in [4.69, 9.17) is 10.7 Å². The Labute approximate surface area is 124 Å². The number of pyridine rings is 3. The molecule has 0 aliphatic heterocycles. The van der Waals surface area contributed by atoms with Gasteiger partial charge < -0.3 is 5.73 Å². The molecule has 1 atom stereocenters. The Balaban J connectivity index is 2.25. The third kappa shape index (κ3) is 2.62. The smallest absolute Gasteiger partial charge is 0.0714 e. The number of rotatable bonds is 3. The molecule has 3 rings (SSSR count). The lowest BCUT2D eigenvalue weighted by Gasteiger charge is -2.18. The van der Waals surface area contributed by atoms with Crippen LogP contribution in [0.4, 0.5) is 0 Å². The fourth-order valence-corrected chi connectivity index (χ4v) is 2.36. The molecule has 0 saturated carbocycles. The molecular weight excluding hydrogens is 260 g/mol. The summed E-state index contributed by atoms with van der Waals surface area (Å²) >= 11 is 0. The van der Waals surface area contributed by atoms with Crippen LogP contribution >= 0.6 is 0 Å². The number of fused-ring (bicyclic) bond motifs is 1. The van der Waals surface area contributed by atoms with Crippen LogP contribution in [-0.2, 0) is 0 Å². The minimum atomic E-state index is -0.100. The third-order valence-electron chi connectivity index (χ3n) is 3.67. The van der Waals surface area contributed by atoms with E-state index in [-0.39, 0.29) is 6.04 Å². The average Bonchev–Trinajstić information content (AvgIpc) is 2.54. The number of nitrogens with two attached hydrogens (primary N) is 1. The fraction of sp³-hybridized carbons (Fsp3) is 0.235. The minimum Gasteiger partial charge on any atom is -0.322 e. The first-order chi connectivity index (χ1) is 10.2. The molecule has 3 aromatic rings. The van der Waals surface area contributed by atoms with Crippen LogP contribution in [0.5, 0.6) is 0 Å². The van der Waals surface area contributed by atoms with Crippen LogP contribution in [0.3, 0.4) is 0 Å². The maximum Gasteiger partial charge on any atom is 0.0714 e. The lowest BCUT2D eigenvalue weighted by Crippen LogP contribution is -2.18. The van der Waals surface area contributed by atoms with Crippen LogP contribution < -0.4 is 5.73 Å². The van der Waals surface area contributed by atoms with Gasteiger partial charge in [-0.05, 0) is 30.2 Å². The molecule has 4 nitrogen and oxygen atoms in total. The Morgan fingerprint density at radius 2 is 1.71 bits per heavy atom. The molecule has 106 valence electrons. The predicted molar refractivity (Wildman–Crippen MR) is 84.5 cm³/mol. The highest BCUT2D eigenvalue weighted by Gasteiger charge is 2.17. The van der Waals surface area contributed by atoms with Gasteiger partial charge in [-0.15, -0.1) is 0 Å². The maximum atomic E-state index is 6.36. The van der Waals surface area contributed by atoms with Crippen LogP contribution in [0.2, 0.25) is 0 Å². The van der Waals surface area contributed by atoms with Gasteiger partial charge in [-0.3, -0.25) is 15.0 Å². The number of nitrogens with zero attached hydrogens (tertiary/aromatic N) is 3. The van der Waals surface area contributed by atoms with Gasteiger partial charge in [0.05, 0.1) is 11.4 Å².